The van der Waals surface area contributed by atoms with E-state index < -0.39 is 10.8 Å². The maximum Gasteiger partial charge on any atom is 0.296 e. The molecule has 0 saturated heterocycles. The van der Waals surface area contributed by atoms with Crippen LogP contribution in [0.3, 0.4) is 0 Å². The Morgan fingerprint density at radius 3 is 2.38 bits per heavy atom. The molecule has 26 heavy (non-hydrogen) atoms. The van der Waals surface area contributed by atoms with Gasteiger partial charge in [-0.25, -0.2) is 0 Å². The quantitative estimate of drug-likeness (QED) is 0.463. The molecule has 0 bridgehead atoms. The average Bonchev–Trinajstić information content (AvgIpc) is 2.66. The summed E-state index contributed by atoms with van der Waals surface area (Å²) in [4.78, 5) is 22.6. The van der Waals surface area contributed by atoms with Gasteiger partial charge in [0.25, 0.3) is 5.69 Å². The van der Waals surface area contributed by atoms with E-state index in [0.29, 0.717) is 22.8 Å². The highest BCUT2D eigenvalue weighted by Crippen LogP contribution is 2.29. The molecule has 1 N–H and O–H groups in total. The van der Waals surface area contributed by atoms with Crippen LogP contribution in [0, 0.1) is 10.1 Å². The molecule has 0 saturated carbocycles. The van der Waals surface area contributed by atoms with Crippen LogP contribution < -0.4 is 19.5 Å². The molecule has 0 aliphatic heterocycles. The van der Waals surface area contributed by atoms with Crippen LogP contribution in [-0.4, -0.2) is 32.2 Å². The fourth-order valence-corrected chi connectivity index (χ4v) is 2.20. The highest BCUT2D eigenvalue weighted by molar-refractivity contribution is 6.03. The van der Waals surface area contributed by atoms with Crippen LogP contribution in [-0.2, 0) is 4.79 Å². The lowest BCUT2D eigenvalue weighted by molar-refractivity contribution is -0.384. The first kappa shape index (κ1) is 18.8. The van der Waals surface area contributed by atoms with Gasteiger partial charge in [-0.1, -0.05) is 6.07 Å². The lowest BCUT2D eigenvalue weighted by atomic mass is 10.2. The molecule has 0 radical (unpaired) electrons. The van der Waals surface area contributed by atoms with Crippen molar-refractivity contribution in [2.24, 2.45) is 0 Å². The second-order valence-electron chi connectivity index (χ2n) is 5.08. The van der Waals surface area contributed by atoms with Crippen LogP contribution in [0.2, 0.25) is 0 Å². The lowest BCUT2D eigenvalue weighted by Gasteiger charge is -2.08. The predicted molar refractivity (Wildman–Crippen MR) is 96.9 cm³/mol. The highest BCUT2D eigenvalue weighted by Gasteiger charge is 2.16. The first-order valence-electron chi connectivity index (χ1n) is 7.52. The van der Waals surface area contributed by atoms with Gasteiger partial charge in [-0.05, 0) is 35.9 Å². The Morgan fingerprint density at radius 2 is 1.77 bits per heavy atom. The number of anilines is 1. The predicted octanol–water partition coefficient (Wildman–Crippen LogP) is 3.27. The number of hydrogen-bond acceptors (Lipinski definition) is 6. The summed E-state index contributed by atoms with van der Waals surface area (Å²) in [7, 11) is 4.45. The van der Waals surface area contributed by atoms with Crippen molar-refractivity contribution in [1.82, 2.24) is 0 Å². The van der Waals surface area contributed by atoms with Gasteiger partial charge in [-0.2, -0.15) is 0 Å². The topological polar surface area (TPSA) is 99.9 Å². The van der Waals surface area contributed by atoms with Crippen LogP contribution in [0.1, 0.15) is 5.56 Å². The summed E-state index contributed by atoms with van der Waals surface area (Å²) in [5, 5.41) is 13.6. The Hall–Kier alpha value is -3.55. The van der Waals surface area contributed by atoms with Gasteiger partial charge in [0.05, 0.1) is 32.3 Å². The lowest BCUT2D eigenvalue weighted by Crippen LogP contribution is -2.09. The molecule has 2 aromatic carbocycles. The van der Waals surface area contributed by atoms with E-state index in [1.807, 2.05) is 0 Å². The Balaban J connectivity index is 2.16. The molecule has 0 fully saturated rings. The number of benzene rings is 2. The van der Waals surface area contributed by atoms with Crippen LogP contribution >= 0.6 is 0 Å². The molecule has 0 aliphatic carbocycles. The second-order valence-corrected chi connectivity index (χ2v) is 5.08. The van der Waals surface area contributed by atoms with Crippen LogP contribution in [0.4, 0.5) is 11.4 Å². The Labute approximate surface area is 150 Å². The number of carbonyl (C=O) groups excluding carboxylic acids is 1. The second kappa shape index (κ2) is 8.52. The number of methoxy groups -OCH3 is 3. The van der Waals surface area contributed by atoms with Gasteiger partial charge in [0.2, 0.25) is 5.91 Å². The van der Waals surface area contributed by atoms with E-state index in [4.69, 9.17) is 14.2 Å². The third-order valence-corrected chi connectivity index (χ3v) is 3.49. The molecule has 0 aromatic heterocycles. The summed E-state index contributed by atoms with van der Waals surface area (Å²) in [6, 6.07) is 9.36. The minimum atomic E-state index is -0.587. The molecular weight excluding hydrogens is 340 g/mol. The summed E-state index contributed by atoms with van der Waals surface area (Å²) >= 11 is 0. The number of hydrogen-bond donors (Lipinski definition) is 1. The van der Waals surface area contributed by atoms with E-state index in [0.717, 1.165) is 0 Å². The van der Waals surface area contributed by atoms with Crippen LogP contribution in [0.15, 0.2) is 42.5 Å². The summed E-state index contributed by atoms with van der Waals surface area (Å²) < 4.78 is 15.3. The molecule has 0 aliphatic rings. The van der Waals surface area contributed by atoms with Gasteiger partial charge in [-0.3, -0.25) is 14.9 Å². The molecule has 2 aromatic rings. The molecule has 8 heteroatoms. The first-order valence-corrected chi connectivity index (χ1v) is 7.52. The molecule has 0 atom stereocenters. The van der Waals surface area contributed by atoms with E-state index in [-0.39, 0.29) is 11.4 Å². The van der Waals surface area contributed by atoms with Crippen LogP contribution in [0.5, 0.6) is 17.2 Å². The largest absolute Gasteiger partial charge is 0.496 e. The van der Waals surface area contributed by atoms with Crippen molar-refractivity contribution in [2.45, 2.75) is 0 Å². The Morgan fingerprint density at radius 1 is 1.04 bits per heavy atom. The Bertz CT molecular complexity index is 848. The van der Waals surface area contributed by atoms with E-state index in [2.05, 4.69) is 5.32 Å². The van der Waals surface area contributed by atoms with Gasteiger partial charge in [-0.15, -0.1) is 0 Å². The summed E-state index contributed by atoms with van der Waals surface area (Å²) in [5.41, 5.74) is 0.539. The number of ether oxygens (including phenoxy) is 3. The Kier molecular flexibility index (Phi) is 6.15. The van der Waals surface area contributed by atoms with Crippen molar-refractivity contribution in [3.05, 3.63) is 58.2 Å². The van der Waals surface area contributed by atoms with E-state index in [1.165, 1.54) is 45.6 Å². The maximum absolute atomic E-state index is 12.1. The van der Waals surface area contributed by atoms with E-state index >= 15 is 0 Å². The van der Waals surface area contributed by atoms with Gasteiger partial charge in [0, 0.05) is 6.08 Å². The minimum absolute atomic E-state index is 0.0813. The zero-order valence-electron chi connectivity index (χ0n) is 14.5. The normalized spacial score (nSPS) is 10.4. The number of carbonyl (C=O) groups is 1. The van der Waals surface area contributed by atoms with Crippen molar-refractivity contribution >= 4 is 23.4 Å². The van der Waals surface area contributed by atoms with Gasteiger partial charge >= 0.3 is 0 Å². The fourth-order valence-electron chi connectivity index (χ4n) is 2.20. The SMILES string of the molecule is COc1ccc(NC(=O)/C=C/c2ccc(OC)c(OC)c2)c([N+](=O)[O-])c1. The van der Waals surface area contributed by atoms with Crippen molar-refractivity contribution in [3.63, 3.8) is 0 Å². The summed E-state index contributed by atoms with van der Waals surface area (Å²) in [6.07, 6.45) is 2.84. The zero-order valence-corrected chi connectivity index (χ0v) is 14.5. The first-order chi connectivity index (χ1) is 12.5. The number of nitrogens with one attached hydrogen (secondary N) is 1. The smallest absolute Gasteiger partial charge is 0.296 e. The van der Waals surface area contributed by atoms with Crippen molar-refractivity contribution in [3.8, 4) is 17.2 Å². The number of nitro benzene ring substituents is 1. The molecule has 1 amide bonds. The summed E-state index contributed by atoms with van der Waals surface area (Å²) in [5.74, 6) is 0.924. The number of nitrogens with zero attached hydrogens (tertiary/aromatic N) is 1. The number of nitro groups is 1. The molecule has 0 heterocycles. The van der Waals surface area contributed by atoms with Crippen molar-refractivity contribution < 1.29 is 23.9 Å². The monoisotopic (exact) mass is 358 g/mol. The van der Waals surface area contributed by atoms with Crippen LogP contribution in [0.25, 0.3) is 6.08 Å². The maximum atomic E-state index is 12.1. The number of rotatable bonds is 7. The average molecular weight is 358 g/mol. The molecular formula is C18H18N2O6. The fraction of sp³-hybridized carbons (Fsp3) is 0.167. The van der Waals surface area contributed by atoms with E-state index in [1.54, 1.807) is 24.3 Å². The van der Waals surface area contributed by atoms with Gasteiger partial charge < -0.3 is 19.5 Å². The van der Waals surface area contributed by atoms with Gasteiger partial charge in [0.15, 0.2) is 11.5 Å². The molecule has 0 unspecified atom stereocenters. The van der Waals surface area contributed by atoms with Gasteiger partial charge in [0.1, 0.15) is 11.4 Å². The van der Waals surface area contributed by atoms with Crippen molar-refractivity contribution in [1.29, 1.82) is 0 Å². The molecule has 136 valence electrons. The summed E-state index contributed by atoms with van der Waals surface area (Å²) in [6.45, 7) is 0. The third-order valence-electron chi connectivity index (χ3n) is 3.49. The molecule has 2 rings (SSSR count). The van der Waals surface area contributed by atoms with E-state index in [9.17, 15) is 14.9 Å². The zero-order chi connectivity index (χ0) is 19.1. The highest BCUT2D eigenvalue weighted by atomic mass is 16.6. The minimum Gasteiger partial charge on any atom is -0.496 e. The third kappa shape index (κ3) is 4.50. The number of amides is 1. The molecule has 8 nitrogen and oxygen atoms in total. The van der Waals surface area contributed by atoms with Crippen molar-refractivity contribution in [2.75, 3.05) is 26.6 Å². The molecule has 0 spiro atoms. The standard InChI is InChI=1S/C18H18N2O6/c1-24-13-6-7-14(15(11-13)20(22)23)19-18(21)9-5-12-4-8-16(25-2)17(10-12)26-3/h4-11H,1-3H3,(H,19,21)/b9-5+.